The second kappa shape index (κ2) is 14.8. The summed E-state index contributed by atoms with van der Waals surface area (Å²) in [6.07, 6.45) is -2.24. The van der Waals surface area contributed by atoms with Gasteiger partial charge in [-0.15, -0.1) is 0 Å². The third kappa shape index (κ3) is 7.91. The van der Waals surface area contributed by atoms with E-state index >= 15 is 0 Å². The van der Waals surface area contributed by atoms with E-state index in [9.17, 15) is 14.7 Å². The summed E-state index contributed by atoms with van der Waals surface area (Å²) in [6.45, 7) is -0.123. The lowest BCUT2D eigenvalue weighted by Gasteiger charge is -2.29. The van der Waals surface area contributed by atoms with Gasteiger partial charge in [-0.3, -0.25) is 10.1 Å². The molecule has 2 N–H and O–H groups in total. The van der Waals surface area contributed by atoms with Crippen molar-refractivity contribution in [1.82, 2.24) is 0 Å². The maximum absolute atomic E-state index is 13.4. The van der Waals surface area contributed by atoms with E-state index in [2.05, 4.69) is 17.9 Å². The molecule has 0 aromatic heterocycles. The number of benzene rings is 4. The summed E-state index contributed by atoms with van der Waals surface area (Å²) in [6, 6.07) is 29.5. The Morgan fingerprint density at radius 1 is 0.850 bits per heavy atom. The highest BCUT2D eigenvalue weighted by Gasteiger charge is 2.32. The summed E-state index contributed by atoms with van der Waals surface area (Å²) in [5, 5.41) is 14.0. The summed E-state index contributed by atoms with van der Waals surface area (Å²) in [4.78, 5) is 25.2. The molecule has 0 radical (unpaired) electrons. The van der Waals surface area contributed by atoms with E-state index in [4.69, 9.17) is 18.9 Å². The highest BCUT2D eigenvalue weighted by atomic mass is 32.1. The number of amides is 1. The average molecular weight is 562 g/mol. The summed E-state index contributed by atoms with van der Waals surface area (Å²) in [5.41, 5.74) is 1.13. The molecule has 2 atom stereocenters. The van der Waals surface area contributed by atoms with Gasteiger partial charge in [0.05, 0.1) is 24.7 Å². The number of ether oxygens (including phenoxy) is 4. The SMILES string of the molecule is O=C(CS)OCC[C@H](Oc1ccccc1)[C@@H](OC(=O)Nc1cccc2ccccc12)c1ccccc1OCCO. The van der Waals surface area contributed by atoms with E-state index in [1.165, 1.54) is 0 Å². The molecule has 0 unspecified atom stereocenters. The van der Waals surface area contributed by atoms with Crippen molar-refractivity contribution in [2.75, 3.05) is 30.9 Å². The summed E-state index contributed by atoms with van der Waals surface area (Å²) >= 11 is 3.96. The van der Waals surface area contributed by atoms with Crippen LogP contribution in [-0.4, -0.2) is 48.8 Å². The highest BCUT2D eigenvalue weighted by Crippen LogP contribution is 2.34. The average Bonchev–Trinajstić information content (AvgIpc) is 2.99. The van der Waals surface area contributed by atoms with Gasteiger partial charge in [0.1, 0.15) is 24.2 Å². The third-order valence-corrected chi connectivity index (χ3v) is 6.26. The van der Waals surface area contributed by atoms with Crippen molar-refractivity contribution in [3.63, 3.8) is 0 Å². The molecule has 0 heterocycles. The van der Waals surface area contributed by atoms with Gasteiger partial charge in [0.25, 0.3) is 0 Å². The van der Waals surface area contributed by atoms with E-state index in [1.54, 1.807) is 42.5 Å². The fourth-order valence-electron chi connectivity index (χ4n) is 4.21. The lowest BCUT2D eigenvalue weighted by Crippen LogP contribution is -2.32. The van der Waals surface area contributed by atoms with Crippen LogP contribution in [0.5, 0.6) is 11.5 Å². The van der Waals surface area contributed by atoms with E-state index in [1.807, 2.05) is 54.6 Å². The number of aliphatic hydroxyl groups excluding tert-OH is 1. The first-order valence-corrected chi connectivity index (χ1v) is 13.5. The molecule has 0 spiro atoms. The topological polar surface area (TPSA) is 103 Å². The van der Waals surface area contributed by atoms with E-state index < -0.39 is 24.3 Å². The van der Waals surface area contributed by atoms with Gasteiger partial charge in [0.15, 0.2) is 6.10 Å². The number of nitrogens with one attached hydrogen (secondary N) is 1. The standard InChI is InChI=1S/C31H31NO7S/c33-18-20-36-27-16-7-6-14-25(27)30(28(17-19-37-29(34)21-40)38-23-11-2-1-3-12-23)39-31(35)32-26-15-8-10-22-9-4-5-13-24(22)26/h1-16,28,30,33,40H,17-21H2,(H,32,35)/t28-,30-/m0/s1. The minimum Gasteiger partial charge on any atom is -0.491 e. The number of thiol groups is 1. The van der Waals surface area contributed by atoms with Gasteiger partial charge in [0.2, 0.25) is 0 Å². The molecule has 0 aliphatic carbocycles. The van der Waals surface area contributed by atoms with Crippen molar-refractivity contribution in [3.05, 3.63) is 103 Å². The van der Waals surface area contributed by atoms with Gasteiger partial charge < -0.3 is 24.1 Å². The zero-order chi connectivity index (χ0) is 28.2. The molecule has 0 saturated heterocycles. The number of hydrogen-bond donors (Lipinski definition) is 3. The van der Waals surface area contributed by atoms with E-state index in [0.717, 1.165) is 10.8 Å². The third-order valence-electron chi connectivity index (χ3n) is 6.00. The molecule has 208 valence electrons. The van der Waals surface area contributed by atoms with Crippen LogP contribution in [0, 0.1) is 0 Å². The molecule has 0 saturated carbocycles. The van der Waals surface area contributed by atoms with Crippen molar-refractivity contribution in [3.8, 4) is 11.5 Å². The molecule has 40 heavy (non-hydrogen) atoms. The molecular formula is C31H31NO7S. The number of aliphatic hydroxyl groups is 1. The van der Waals surface area contributed by atoms with Gasteiger partial charge in [-0.1, -0.05) is 72.8 Å². The number of carbonyl (C=O) groups excluding carboxylic acids is 2. The molecule has 4 rings (SSSR count). The summed E-state index contributed by atoms with van der Waals surface area (Å²) in [5.74, 6) is 0.438. The Hall–Kier alpha value is -4.21. The molecule has 4 aromatic rings. The Morgan fingerprint density at radius 3 is 2.38 bits per heavy atom. The fraction of sp³-hybridized carbons (Fsp3) is 0.226. The molecule has 0 aliphatic rings. The molecule has 0 fully saturated rings. The van der Waals surface area contributed by atoms with Crippen LogP contribution in [0.2, 0.25) is 0 Å². The van der Waals surface area contributed by atoms with Crippen molar-refractivity contribution < 1.29 is 33.6 Å². The van der Waals surface area contributed by atoms with E-state index in [0.29, 0.717) is 22.7 Å². The van der Waals surface area contributed by atoms with Crippen LogP contribution in [0.3, 0.4) is 0 Å². The van der Waals surface area contributed by atoms with Crippen LogP contribution in [0.4, 0.5) is 10.5 Å². The minimum atomic E-state index is -0.972. The first-order chi connectivity index (χ1) is 19.6. The fourth-order valence-corrected chi connectivity index (χ4v) is 4.30. The lowest BCUT2D eigenvalue weighted by molar-refractivity contribution is -0.141. The summed E-state index contributed by atoms with van der Waals surface area (Å²) in [7, 11) is 0. The number of rotatable bonds is 13. The van der Waals surface area contributed by atoms with Crippen LogP contribution in [0.25, 0.3) is 10.8 Å². The van der Waals surface area contributed by atoms with Crippen molar-refractivity contribution >= 4 is 41.2 Å². The molecule has 0 bridgehead atoms. The zero-order valence-corrected chi connectivity index (χ0v) is 22.7. The van der Waals surface area contributed by atoms with Crippen LogP contribution < -0.4 is 14.8 Å². The predicted molar refractivity (Wildman–Crippen MR) is 156 cm³/mol. The van der Waals surface area contributed by atoms with Gasteiger partial charge >= 0.3 is 12.1 Å². The van der Waals surface area contributed by atoms with Gasteiger partial charge in [0, 0.05) is 17.4 Å². The lowest BCUT2D eigenvalue weighted by atomic mass is 10.0. The normalized spacial score (nSPS) is 12.2. The Morgan fingerprint density at radius 2 is 1.57 bits per heavy atom. The zero-order valence-electron chi connectivity index (χ0n) is 21.8. The van der Waals surface area contributed by atoms with Crippen molar-refractivity contribution in [1.29, 1.82) is 0 Å². The molecular weight excluding hydrogens is 530 g/mol. The number of esters is 1. The molecule has 4 aromatic carbocycles. The van der Waals surface area contributed by atoms with E-state index in [-0.39, 0.29) is 32.0 Å². The number of anilines is 1. The van der Waals surface area contributed by atoms with Crippen molar-refractivity contribution in [2.45, 2.75) is 18.6 Å². The maximum atomic E-state index is 13.4. The van der Waals surface area contributed by atoms with Crippen LogP contribution >= 0.6 is 12.6 Å². The molecule has 8 nitrogen and oxygen atoms in total. The first-order valence-electron chi connectivity index (χ1n) is 12.8. The van der Waals surface area contributed by atoms with Crippen LogP contribution in [0.1, 0.15) is 18.1 Å². The molecule has 9 heteroatoms. The first kappa shape index (κ1) is 28.8. The quantitative estimate of drug-likeness (QED) is 0.140. The second-order valence-electron chi connectivity index (χ2n) is 8.72. The number of carbonyl (C=O) groups is 2. The Labute approximate surface area is 238 Å². The number of para-hydroxylation sites is 2. The Balaban J connectivity index is 1.67. The van der Waals surface area contributed by atoms with Crippen LogP contribution in [-0.2, 0) is 14.3 Å². The monoisotopic (exact) mass is 561 g/mol. The highest BCUT2D eigenvalue weighted by molar-refractivity contribution is 7.81. The number of fused-ring (bicyclic) bond motifs is 1. The summed E-state index contributed by atoms with van der Waals surface area (Å²) < 4.78 is 23.4. The second-order valence-corrected chi connectivity index (χ2v) is 9.04. The van der Waals surface area contributed by atoms with Crippen LogP contribution in [0.15, 0.2) is 97.1 Å². The Kier molecular flexibility index (Phi) is 10.7. The largest absolute Gasteiger partial charge is 0.491 e. The van der Waals surface area contributed by atoms with Gasteiger partial charge in [-0.05, 0) is 29.7 Å². The number of hydrogen-bond acceptors (Lipinski definition) is 8. The molecule has 1 amide bonds. The molecule has 0 aliphatic heterocycles. The maximum Gasteiger partial charge on any atom is 0.412 e. The van der Waals surface area contributed by atoms with Crippen molar-refractivity contribution in [2.24, 2.45) is 0 Å². The predicted octanol–water partition coefficient (Wildman–Crippen LogP) is 5.81. The van der Waals surface area contributed by atoms with Gasteiger partial charge in [-0.2, -0.15) is 12.6 Å². The smallest absolute Gasteiger partial charge is 0.412 e. The Bertz CT molecular complexity index is 1390. The minimum absolute atomic E-state index is 0.0152. The van der Waals surface area contributed by atoms with Gasteiger partial charge in [-0.25, -0.2) is 4.79 Å².